The lowest BCUT2D eigenvalue weighted by Crippen LogP contribution is -2.65. The lowest BCUT2D eigenvalue weighted by molar-refractivity contribution is -0.176. The summed E-state index contributed by atoms with van der Waals surface area (Å²) in [4.78, 5) is 121. The largest absolute Gasteiger partial charge is 0.481 e. The van der Waals surface area contributed by atoms with Crippen LogP contribution >= 0.6 is 15.9 Å². The number of likely N-dealkylation sites (tertiary alicyclic amines) is 2. The second-order valence-electron chi connectivity index (χ2n) is 19.9. The standard InChI is InChI=1S/C25H31NO8.C13H13BrO4.C12H19NO4/c1-6-32-22(30)20(19(28)17-9-7-16(8-10-17)15(2)27)33-21(29)18-11-25(12-18)13-26(14-25)23(31)34-24(3,4)5;1-3-18-13(17)11(14)12(16)10-6-4-9(5-7-10)8(2)15;1-11(2,3)17-10(16)13-6-12(7-13)4-8(5-12)9(14)15/h7-10,18,20H,6,11-14H2,1-5H3;4-7,11H,3H2,1-2H3;8H,4-7H2,1-3H3,(H,14,15). The van der Waals surface area contributed by atoms with Crippen molar-refractivity contribution in [1.29, 1.82) is 0 Å². The molecule has 0 aromatic heterocycles. The van der Waals surface area contributed by atoms with Crippen molar-refractivity contribution in [2.45, 2.75) is 117 Å². The number of carboxylic acid groups (broad SMARTS) is 1. The fourth-order valence-electron chi connectivity index (χ4n) is 8.26. The first kappa shape index (κ1) is 55.6. The molecule has 2 aromatic carbocycles. The third-order valence-corrected chi connectivity index (χ3v) is 12.4. The SMILES string of the molecule is CC(C)(C)OC(=O)N1CC2(CC(C(=O)O)C2)C1.CCOC(=O)C(Br)C(=O)c1ccc(C(C)=O)cc1.CCOC(=O)C(OC(=O)C1CC2(C1)CN(C(=O)OC(C)(C)C)C2)C(=O)c1ccc(C(C)=O)cc1. The Labute approximate surface area is 410 Å². The fraction of sp³-hybridized carbons (Fsp3) is 0.560. The van der Waals surface area contributed by atoms with Crippen molar-refractivity contribution in [3.8, 4) is 0 Å². The molecule has 4 fully saturated rings. The Morgan fingerprint density at radius 3 is 1.29 bits per heavy atom. The number of hydrogen-bond donors (Lipinski definition) is 1. The van der Waals surface area contributed by atoms with Gasteiger partial charge >= 0.3 is 36.1 Å². The highest BCUT2D eigenvalue weighted by Crippen LogP contribution is 2.53. The highest BCUT2D eigenvalue weighted by Gasteiger charge is 2.58. The van der Waals surface area contributed by atoms with Crippen molar-refractivity contribution >= 4 is 75.1 Å². The minimum absolute atomic E-state index is 0.0243. The van der Waals surface area contributed by atoms with Crippen molar-refractivity contribution in [1.82, 2.24) is 9.80 Å². The Balaban J connectivity index is 0.000000249. The van der Waals surface area contributed by atoms with Gasteiger partial charge in [-0.15, -0.1) is 0 Å². The van der Waals surface area contributed by atoms with E-state index < -0.39 is 57.7 Å². The summed E-state index contributed by atoms with van der Waals surface area (Å²) in [6, 6.07) is 11.9. The van der Waals surface area contributed by atoms with Gasteiger partial charge < -0.3 is 38.6 Å². The molecule has 69 heavy (non-hydrogen) atoms. The first-order valence-corrected chi connectivity index (χ1v) is 23.6. The zero-order valence-electron chi connectivity index (χ0n) is 40.8. The third-order valence-electron chi connectivity index (χ3n) is 11.7. The topological polar surface area (TPSA) is 244 Å². The number of esters is 3. The van der Waals surface area contributed by atoms with Crippen molar-refractivity contribution in [3.63, 3.8) is 0 Å². The van der Waals surface area contributed by atoms with Crippen LogP contribution in [0, 0.1) is 22.7 Å². The van der Waals surface area contributed by atoms with Crippen LogP contribution in [0.5, 0.6) is 0 Å². The van der Waals surface area contributed by atoms with Crippen LogP contribution in [-0.2, 0) is 42.9 Å². The zero-order chi connectivity index (χ0) is 51.8. The van der Waals surface area contributed by atoms with E-state index in [0.717, 1.165) is 0 Å². The third kappa shape index (κ3) is 15.0. The molecule has 4 aliphatic rings. The van der Waals surface area contributed by atoms with E-state index in [2.05, 4.69) is 15.9 Å². The quantitative estimate of drug-likeness (QED) is 0.0679. The number of carboxylic acids is 1. The monoisotopic (exact) mass is 1030 g/mol. The van der Waals surface area contributed by atoms with Gasteiger partial charge in [0, 0.05) is 59.3 Å². The Morgan fingerprint density at radius 2 is 0.942 bits per heavy atom. The molecule has 0 radical (unpaired) electrons. The number of hydrogen-bond acceptors (Lipinski definition) is 15. The van der Waals surface area contributed by atoms with Gasteiger partial charge in [-0.05, 0) is 94.9 Å². The average Bonchev–Trinajstić information content (AvgIpc) is 3.19. The molecule has 2 saturated heterocycles. The van der Waals surface area contributed by atoms with Crippen LogP contribution in [0.1, 0.15) is 136 Å². The maximum atomic E-state index is 12.9. The predicted octanol–water partition coefficient (Wildman–Crippen LogP) is 7.31. The van der Waals surface area contributed by atoms with E-state index in [0.29, 0.717) is 68.6 Å². The summed E-state index contributed by atoms with van der Waals surface area (Å²) in [5.41, 5.74) is 0.293. The molecule has 2 aromatic rings. The molecule has 2 heterocycles. The van der Waals surface area contributed by atoms with Crippen molar-refractivity contribution in [3.05, 3.63) is 70.8 Å². The molecule has 2 amide bonds. The molecular formula is C50H63BrN2O16. The Bertz CT molecular complexity index is 2270. The number of nitrogens with zero attached hydrogens (tertiary/aromatic N) is 2. The van der Waals surface area contributed by atoms with Crippen molar-refractivity contribution in [2.75, 3.05) is 39.4 Å². The number of alkyl halides is 1. The summed E-state index contributed by atoms with van der Waals surface area (Å²) in [5, 5.41) is 8.81. The molecule has 18 nitrogen and oxygen atoms in total. The number of ether oxygens (including phenoxy) is 5. The van der Waals surface area contributed by atoms with Gasteiger partial charge in [0.25, 0.3) is 6.10 Å². The number of rotatable bonds is 13. The summed E-state index contributed by atoms with van der Waals surface area (Å²) in [6.45, 7) is 19.5. The van der Waals surface area contributed by atoms with Crippen LogP contribution in [0.15, 0.2) is 48.5 Å². The van der Waals surface area contributed by atoms with Crippen LogP contribution < -0.4 is 0 Å². The molecule has 2 aliphatic heterocycles. The van der Waals surface area contributed by atoms with Gasteiger partial charge in [-0.25, -0.2) is 14.4 Å². The number of benzene rings is 2. The van der Waals surface area contributed by atoms with E-state index in [9.17, 15) is 47.9 Å². The molecule has 0 bridgehead atoms. The molecule has 1 N–H and O–H groups in total. The van der Waals surface area contributed by atoms with Gasteiger partial charge in [0.15, 0.2) is 22.2 Å². The average molecular weight is 1030 g/mol. The number of halogens is 1. The molecule has 19 heteroatoms. The second-order valence-corrected chi connectivity index (χ2v) is 20.8. The van der Waals surface area contributed by atoms with Crippen LogP contribution in [0.4, 0.5) is 9.59 Å². The molecule has 2 unspecified atom stereocenters. The second kappa shape index (κ2) is 22.6. The predicted molar refractivity (Wildman–Crippen MR) is 251 cm³/mol. The Kier molecular flexibility index (Phi) is 18.2. The van der Waals surface area contributed by atoms with Gasteiger partial charge in [0.05, 0.1) is 25.0 Å². The summed E-state index contributed by atoms with van der Waals surface area (Å²) in [7, 11) is 0. The molecule has 6 rings (SSSR count). The highest BCUT2D eigenvalue weighted by atomic mass is 79.9. The summed E-state index contributed by atoms with van der Waals surface area (Å²) < 4.78 is 25.6. The van der Waals surface area contributed by atoms with E-state index in [1.54, 1.807) is 56.6 Å². The molecule has 2 atom stereocenters. The van der Waals surface area contributed by atoms with Crippen molar-refractivity contribution < 1.29 is 76.7 Å². The maximum absolute atomic E-state index is 12.9. The number of carbonyl (C=O) groups is 10. The van der Waals surface area contributed by atoms with Gasteiger partial charge in [0.2, 0.25) is 5.78 Å². The van der Waals surface area contributed by atoms with Crippen LogP contribution in [0.25, 0.3) is 0 Å². The molecular weight excluding hydrogens is 964 g/mol. The minimum atomic E-state index is -1.72. The number of Topliss-reactive ketones (excluding diaryl/α,β-unsaturated/α-hetero) is 4. The van der Waals surface area contributed by atoms with Crippen LogP contribution in [-0.4, -0.2) is 136 Å². The Hall–Kier alpha value is -5.98. The minimum Gasteiger partial charge on any atom is -0.481 e. The molecule has 2 saturated carbocycles. The van der Waals surface area contributed by atoms with Crippen molar-refractivity contribution in [2.24, 2.45) is 22.7 Å². The molecule has 376 valence electrons. The summed E-state index contributed by atoms with van der Waals surface area (Å²) in [5.74, 6) is -4.93. The van der Waals surface area contributed by atoms with Crippen LogP contribution in [0.2, 0.25) is 0 Å². The van der Waals surface area contributed by atoms with Crippen LogP contribution in [0.3, 0.4) is 0 Å². The lowest BCUT2D eigenvalue weighted by atomic mass is 9.58. The first-order valence-electron chi connectivity index (χ1n) is 22.7. The zero-order valence-corrected chi connectivity index (χ0v) is 42.4. The molecule has 2 spiro atoms. The number of ketones is 4. The number of aliphatic carboxylic acids is 1. The number of amides is 2. The first-order chi connectivity index (χ1) is 32.0. The maximum Gasteiger partial charge on any atom is 0.410 e. The lowest BCUT2D eigenvalue weighted by Gasteiger charge is -2.57. The van der Waals surface area contributed by atoms with E-state index in [4.69, 9.17) is 28.8 Å². The Morgan fingerprint density at radius 1 is 0.594 bits per heavy atom. The van der Waals surface area contributed by atoms with Gasteiger partial charge in [0.1, 0.15) is 11.2 Å². The number of carbonyl (C=O) groups excluding carboxylic acids is 9. The van der Waals surface area contributed by atoms with E-state index >= 15 is 0 Å². The highest BCUT2D eigenvalue weighted by molar-refractivity contribution is 9.10. The van der Waals surface area contributed by atoms with Gasteiger partial charge in [-0.3, -0.25) is 33.6 Å². The fourth-order valence-corrected chi connectivity index (χ4v) is 8.66. The summed E-state index contributed by atoms with van der Waals surface area (Å²) in [6.07, 6.45) is 0.00908. The van der Waals surface area contributed by atoms with E-state index in [-0.39, 0.29) is 65.1 Å². The smallest absolute Gasteiger partial charge is 0.410 e. The normalized spacial score (nSPS) is 18.2. The summed E-state index contributed by atoms with van der Waals surface area (Å²) >= 11 is 3.00. The van der Waals surface area contributed by atoms with E-state index in [1.165, 1.54) is 50.2 Å². The van der Waals surface area contributed by atoms with Gasteiger partial charge in [-0.2, -0.15) is 0 Å². The van der Waals surface area contributed by atoms with E-state index in [1.807, 2.05) is 20.8 Å². The molecule has 2 aliphatic carbocycles. The van der Waals surface area contributed by atoms with Gasteiger partial charge in [-0.1, -0.05) is 64.5 Å².